The van der Waals surface area contributed by atoms with Crippen molar-refractivity contribution in [3.8, 4) is 108 Å². The second-order valence-corrected chi connectivity index (χ2v) is 23.5. The Morgan fingerprint density at radius 3 is 0.839 bits per heavy atom. The van der Waals surface area contributed by atoms with E-state index in [1.807, 2.05) is 121 Å². The van der Waals surface area contributed by atoms with Crippen LogP contribution in [-0.2, 0) is 0 Å². The molecule has 0 N–H and O–H groups in total. The van der Waals surface area contributed by atoms with E-state index in [9.17, 15) is 0 Å². The van der Waals surface area contributed by atoms with Crippen LogP contribution in [0, 0.1) is 0 Å². The Kier molecular flexibility index (Phi) is 12.7. The molecular formula is C84H53N9. The van der Waals surface area contributed by atoms with Crippen molar-refractivity contribution >= 4 is 65.4 Å². The number of para-hydroxylation sites is 3. The minimum Gasteiger partial charge on any atom is -0.309 e. The summed E-state index contributed by atoms with van der Waals surface area (Å²) in [4.78, 5) is 30.4. The van der Waals surface area contributed by atoms with Gasteiger partial charge in [0.15, 0.2) is 34.9 Å². The van der Waals surface area contributed by atoms with Crippen LogP contribution in [0.4, 0.5) is 0 Å². The number of nitrogens with zero attached hydrogens (tertiary/aromatic N) is 9. The number of hydrogen-bond acceptors (Lipinski definition) is 6. The van der Waals surface area contributed by atoms with E-state index in [2.05, 4.69) is 214 Å². The highest BCUT2D eigenvalue weighted by molar-refractivity contribution is 6.14. The molecule has 9 nitrogen and oxygen atoms in total. The minimum absolute atomic E-state index is 0.609. The smallest absolute Gasteiger partial charge is 0.164 e. The van der Waals surface area contributed by atoms with Crippen molar-refractivity contribution in [1.29, 1.82) is 0 Å². The number of fused-ring (bicyclic) bond motifs is 9. The van der Waals surface area contributed by atoms with Crippen molar-refractivity contribution < 1.29 is 0 Å². The van der Waals surface area contributed by atoms with E-state index in [1.165, 1.54) is 32.3 Å². The van der Waals surface area contributed by atoms with Crippen LogP contribution in [0.3, 0.4) is 0 Å². The van der Waals surface area contributed by atoms with E-state index in [0.29, 0.717) is 34.9 Å². The maximum atomic E-state index is 5.11. The van der Waals surface area contributed by atoms with Gasteiger partial charge in [0.25, 0.3) is 0 Å². The first-order chi connectivity index (χ1) is 46.1. The molecule has 0 atom stereocenters. The first kappa shape index (κ1) is 53.3. The van der Waals surface area contributed by atoms with Gasteiger partial charge in [0, 0.05) is 82.8 Å². The lowest BCUT2D eigenvalue weighted by Gasteiger charge is -2.12. The molecule has 93 heavy (non-hydrogen) atoms. The normalized spacial score (nSPS) is 11.7. The third kappa shape index (κ3) is 9.33. The Bertz CT molecular complexity index is 5800. The number of benzene rings is 13. The van der Waals surface area contributed by atoms with Crippen molar-refractivity contribution in [2.75, 3.05) is 0 Å². The monoisotopic (exact) mass is 1190 g/mol. The Labute approximate surface area is 535 Å². The average molecular weight is 1190 g/mol. The molecule has 5 aromatic heterocycles. The average Bonchev–Trinajstić information content (AvgIpc) is 1.60. The van der Waals surface area contributed by atoms with E-state index in [-0.39, 0.29) is 0 Å². The highest BCUT2D eigenvalue weighted by Gasteiger charge is 2.21. The van der Waals surface area contributed by atoms with Gasteiger partial charge in [0.1, 0.15) is 0 Å². The SMILES string of the molecule is c1ccc(-c2nc(-c3ccccc3)nc(-c3cccc(-n4c5ccccc5c5cc(-c6ccc7c(c6)c6cc(-c8ccc9c%10ccccc%10n(-c%10cccc(-c%11nc(-c%12ccccc%12)nc(-c%12ccccc%12)n%11)c%10)c9c8)ccc6n7-c6ccccc6)ccc54)c3)n2)cc1. The molecular weight excluding hydrogens is 1130 g/mol. The number of aromatic nitrogens is 9. The molecule has 0 fully saturated rings. The van der Waals surface area contributed by atoms with Gasteiger partial charge in [-0.05, 0) is 113 Å². The van der Waals surface area contributed by atoms with Crippen molar-refractivity contribution in [3.63, 3.8) is 0 Å². The molecule has 0 aliphatic heterocycles. The fraction of sp³-hybridized carbons (Fsp3) is 0. The van der Waals surface area contributed by atoms with Crippen LogP contribution in [0.15, 0.2) is 322 Å². The Hall–Kier alpha value is -12.7. The molecule has 0 spiro atoms. The van der Waals surface area contributed by atoms with Crippen LogP contribution in [0.2, 0.25) is 0 Å². The van der Waals surface area contributed by atoms with Gasteiger partial charge in [0.05, 0.1) is 33.1 Å². The molecule has 0 unspecified atom stereocenters. The van der Waals surface area contributed by atoms with Crippen LogP contribution >= 0.6 is 0 Å². The van der Waals surface area contributed by atoms with Crippen LogP contribution in [-0.4, -0.2) is 43.6 Å². The highest BCUT2D eigenvalue weighted by atomic mass is 15.1. The predicted octanol–water partition coefficient (Wildman–Crippen LogP) is 20.7. The standard InChI is InChI=1S/C84H53N9/c1-6-22-54(23-7-1)79-85-80(55-24-8-2-9-25-55)88-83(87-79)62-30-20-34-65(48-62)92-74-39-19-17-37-68(74)70-50-58(41-45-75(70)92)59-42-46-76-71(51-59)72-52-60(43-47-77(72)91(76)64-32-14-5-15-33-64)61-40-44-69-67-36-16-18-38-73(67)93(78(69)53-61)66-35-21-31-63(49-66)84-89-81(56-26-10-3-11-27-56)86-82(90-84)57-28-12-4-13-29-57/h1-53H. The fourth-order valence-corrected chi connectivity index (χ4v) is 13.5. The minimum atomic E-state index is 0.609. The third-order valence-electron chi connectivity index (χ3n) is 17.9. The van der Waals surface area contributed by atoms with Gasteiger partial charge in [-0.1, -0.05) is 231 Å². The zero-order chi connectivity index (χ0) is 61.3. The van der Waals surface area contributed by atoms with Gasteiger partial charge in [-0.2, -0.15) is 0 Å². The predicted molar refractivity (Wildman–Crippen MR) is 380 cm³/mol. The van der Waals surface area contributed by atoms with Gasteiger partial charge in [-0.3, -0.25) is 0 Å². The summed E-state index contributed by atoms with van der Waals surface area (Å²) < 4.78 is 7.15. The molecule has 0 saturated heterocycles. The van der Waals surface area contributed by atoms with E-state index in [4.69, 9.17) is 29.9 Å². The number of hydrogen-bond donors (Lipinski definition) is 0. The maximum absolute atomic E-state index is 5.11. The van der Waals surface area contributed by atoms with Gasteiger partial charge >= 0.3 is 0 Å². The zero-order valence-corrected chi connectivity index (χ0v) is 50.1. The zero-order valence-electron chi connectivity index (χ0n) is 50.1. The lowest BCUT2D eigenvalue weighted by Crippen LogP contribution is -2.01. The molecule has 0 radical (unpaired) electrons. The Balaban J connectivity index is 0.746. The Morgan fingerprint density at radius 2 is 0.419 bits per heavy atom. The summed E-state index contributed by atoms with van der Waals surface area (Å²) in [5, 5.41) is 7.04. The summed E-state index contributed by atoms with van der Waals surface area (Å²) in [5.41, 5.74) is 19.9. The first-order valence-electron chi connectivity index (χ1n) is 31.2. The molecule has 0 aliphatic carbocycles. The molecule has 434 valence electrons. The molecule has 18 aromatic rings. The summed E-state index contributed by atoms with van der Waals surface area (Å²) in [7, 11) is 0. The van der Waals surface area contributed by atoms with E-state index >= 15 is 0 Å². The second-order valence-electron chi connectivity index (χ2n) is 23.5. The third-order valence-corrected chi connectivity index (χ3v) is 17.9. The van der Waals surface area contributed by atoms with Gasteiger partial charge in [-0.25, -0.2) is 29.9 Å². The molecule has 0 saturated carbocycles. The van der Waals surface area contributed by atoms with E-state index in [1.54, 1.807) is 0 Å². The van der Waals surface area contributed by atoms with Gasteiger partial charge in [-0.15, -0.1) is 0 Å². The molecule has 0 bridgehead atoms. The fourth-order valence-electron chi connectivity index (χ4n) is 13.5. The van der Waals surface area contributed by atoms with Crippen molar-refractivity contribution in [1.82, 2.24) is 43.6 Å². The molecule has 5 heterocycles. The maximum Gasteiger partial charge on any atom is 0.164 e. The largest absolute Gasteiger partial charge is 0.309 e. The van der Waals surface area contributed by atoms with Crippen molar-refractivity contribution in [2.24, 2.45) is 0 Å². The summed E-state index contributed by atoms with van der Waals surface area (Å²) >= 11 is 0. The van der Waals surface area contributed by atoms with Crippen LogP contribution in [0.5, 0.6) is 0 Å². The quantitative estimate of drug-likeness (QED) is 0.128. The topological polar surface area (TPSA) is 92.1 Å². The second kappa shape index (κ2) is 22.1. The summed E-state index contributed by atoms with van der Waals surface area (Å²) in [6.45, 7) is 0. The molecule has 13 aromatic carbocycles. The molecule has 0 amide bonds. The van der Waals surface area contributed by atoms with Crippen LogP contribution in [0.25, 0.3) is 173 Å². The molecule has 18 rings (SSSR count). The molecule has 0 aliphatic rings. The number of rotatable bonds is 11. The summed E-state index contributed by atoms with van der Waals surface area (Å²) in [6, 6.07) is 114. The first-order valence-corrected chi connectivity index (χ1v) is 31.2. The summed E-state index contributed by atoms with van der Waals surface area (Å²) in [5.74, 6) is 3.73. The van der Waals surface area contributed by atoms with Gasteiger partial charge in [0.2, 0.25) is 0 Å². The van der Waals surface area contributed by atoms with Crippen LogP contribution in [0.1, 0.15) is 0 Å². The van der Waals surface area contributed by atoms with Crippen molar-refractivity contribution in [2.45, 2.75) is 0 Å². The highest BCUT2D eigenvalue weighted by Crippen LogP contribution is 2.42. The van der Waals surface area contributed by atoms with Crippen molar-refractivity contribution in [3.05, 3.63) is 322 Å². The lowest BCUT2D eigenvalue weighted by molar-refractivity contribution is 1.07. The van der Waals surface area contributed by atoms with Crippen LogP contribution < -0.4 is 0 Å². The van der Waals surface area contributed by atoms with E-state index < -0.39 is 0 Å². The Morgan fingerprint density at radius 1 is 0.151 bits per heavy atom. The molecule has 9 heteroatoms. The van der Waals surface area contributed by atoms with E-state index in [0.717, 1.165) is 106 Å². The van der Waals surface area contributed by atoms with Gasteiger partial charge < -0.3 is 13.7 Å². The lowest BCUT2D eigenvalue weighted by atomic mass is 9.98. The summed E-state index contributed by atoms with van der Waals surface area (Å²) in [6.07, 6.45) is 0.